The highest BCUT2D eigenvalue weighted by atomic mass is 32.2. The van der Waals surface area contributed by atoms with Crippen LogP contribution in [0.15, 0.2) is 89.8 Å². The summed E-state index contributed by atoms with van der Waals surface area (Å²) in [6.45, 7) is 3.14. The van der Waals surface area contributed by atoms with Gasteiger partial charge in [-0.05, 0) is 75.0 Å². The van der Waals surface area contributed by atoms with Gasteiger partial charge in [-0.25, -0.2) is 8.42 Å². The van der Waals surface area contributed by atoms with Crippen LogP contribution in [0, 0.1) is 16.0 Å². The van der Waals surface area contributed by atoms with Crippen LogP contribution in [0.2, 0.25) is 0 Å². The van der Waals surface area contributed by atoms with Gasteiger partial charge in [-0.1, -0.05) is 54.6 Å². The normalized spacial score (nSPS) is 15.1. The molecule has 0 aromatic heterocycles. The van der Waals surface area contributed by atoms with Crippen molar-refractivity contribution in [1.82, 2.24) is 4.90 Å². The van der Waals surface area contributed by atoms with Gasteiger partial charge in [0.25, 0.3) is 15.7 Å². The van der Waals surface area contributed by atoms with Gasteiger partial charge in [-0.2, -0.15) is 0 Å². The van der Waals surface area contributed by atoms with Crippen LogP contribution in [0.1, 0.15) is 24.8 Å². The molecule has 3 aromatic carbocycles. The zero-order valence-corrected chi connectivity index (χ0v) is 20.5. The van der Waals surface area contributed by atoms with E-state index in [4.69, 9.17) is 0 Å². The zero-order chi connectivity index (χ0) is 24.7. The number of para-hydroxylation sites is 1. The van der Waals surface area contributed by atoms with Crippen molar-refractivity contribution in [2.45, 2.75) is 30.6 Å². The van der Waals surface area contributed by atoms with Crippen molar-refractivity contribution in [1.29, 1.82) is 0 Å². The van der Waals surface area contributed by atoms with Crippen LogP contribution in [0.4, 0.5) is 11.4 Å². The maximum absolute atomic E-state index is 13.5. The number of likely N-dealkylation sites (tertiary alicyclic amines) is 1. The second-order valence-electron chi connectivity index (χ2n) is 9.00. The minimum atomic E-state index is -3.95. The molecule has 1 fully saturated rings. The average molecular weight is 494 g/mol. The Morgan fingerprint density at radius 3 is 2.23 bits per heavy atom. The predicted molar refractivity (Wildman–Crippen MR) is 138 cm³/mol. The molecule has 8 heteroatoms. The molecule has 0 saturated carbocycles. The number of nitro benzene ring substituents is 1. The van der Waals surface area contributed by atoms with Crippen LogP contribution in [-0.2, 0) is 16.4 Å². The van der Waals surface area contributed by atoms with Gasteiger partial charge in [0.05, 0.1) is 15.5 Å². The molecule has 0 radical (unpaired) electrons. The molecule has 1 saturated heterocycles. The number of anilines is 1. The van der Waals surface area contributed by atoms with E-state index in [2.05, 4.69) is 29.2 Å². The van der Waals surface area contributed by atoms with Crippen LogP contribution in [-0.4, -0.2) is 44.4 Å². The van der Waals surface area contributed by atoms with E-state index in [1.165, 1.54) is 28.1 Å². The molecule has 4 rings (SSSR count). The maximum Gasteiger partial charge on any atom is 0.270 e. The topological polar surface area (TPSA) is 83.8 Å². The quantitative estimate of drug-likeness (QED) is 0.289. The number of hydrogen-bond acceptors (Lipinski definition) is 5. The fourth-order valence-corrected chi connectivity index (χ4v) is 6.21. The molecule has 0 atom stereocenters. The van der Waals surface area contributed by atoms with Crippen molar-refractivity contribution in [2.75, 3.05) is 30.5 Å². The molecule has 0 spiro atoms. The molecular formula is C27H31N3O4S. The molecule has 1 aliphatic rings. The highest BCUT2D eigenvalue weighted by molar-refractivity contribution is 7.92. The molecule has 1 aliphatic heterocycles. The summed E-state index contributed by atoms with van der Waals surface area (Å²) in [7, 11) is -3.95. The molecule has 1 heterocycles. The van der Waals surface area contributed by atoms with Crippen molar-refractivity contribution in [3.05, 3.63) is 101 Å². The lowest BCUT2D eigenvalue weighted by molar-refractivity contribution is -0.385. The van der Waals surface area contributed by atoms with Crippen LogP contribution in [0.5, 0.6) is 0 Å². The first kappa shape index (κ1) is 24.9. The number of nitrogens with zero attached hydrogens (tertiary/aromatic N) is 3. The second kappa shape index (κ2) is 11.5. The van der Waals surface area contributed by atoms with Crippen LogP contribution >= 0.6 is 0 Å². The lowest BCUT2D eigenvalue weighted by Gasteiger charge is -2.33. The fraction of sp³-hybridized carbons (Fsp3) is 0.333. The fourth-order valence-electron chi connectivity index (χ4n) is 4.67. The second-order valence-corrected chi connectivity index (χ2v) is 10.9. The van der Waals surface area contributed by atoms with E-state index >= 15 is 0 Å². The third kappa shape index (κ3) is 6.46. The molecule has 0 amide bonds. The average Bonchev–Trinajstić information content (AvgIpc) is 2.88. The molecular weight excluding hydrogens is 462 g/mol. The van der Waals surface area contributed by atoms with Gasteiger partial charge in [0.15, 0.2) is 0 Å². The summed E-state index contributed by atoms with van der Waals surface area (Å²) in [4.78, 5) is 12.9. The minimum absolute atomic E-state index is 0.0720. The smallest absolute Gasteiger partial charge is 0.270 e. The van der Waals surface area contributed by atoms with Crippen LogP contribution in [0.25, 0.3) is 0 Å². The Kier molecular flexibility index (Phi) is 8.15. The minimum Gasteiger partial charge on any atom is -0.303 e. The van der Waals surface area contributed by atoms with Gasteiger partial charge in [0, 0.05) is 18.7 Å². The van der Waals surface area contributed by atoms with Crippen LogP contribution in [0.3, 0.4) is 0 Å². The summed E-state index contributed by atoms with van der Waals surface area (Å²) >= 11 is 0. The summed E-state index contributed by atoms with van der Waals surface area (Å²) in [5.41, 5.74) is 1.70. The van der Waals surface area contributed by atoms with E-state index in [-0.39, 0.29) is 10.6 Å². The molecule has 0 aliphatic carbocycles. The monoisotopic (exact) mass is 493 g/mol. The molecule has 0 bridgehead atoms. The lowest BCUT2D eigenvalue weighted by Crippen LogP contribution is -2.38. The molecule has 35 heavy (non-hydrogen) atoms. The highest BCUT2D eigenvalue weighted by Gasteiger charge is 2.27. The van der Waals surface area contributed by atoms with Crippen molar-refractivity contribution in [3.8, 4) is 0 Å². The zero-order valence-electron chi connectivity index (χ0n) is 19.7. The lowest BCUT2D eigenvalue weighted by atomic mass is 9.90. The van der Waals surface area contributed by atoms with E-state index in [0.29, 0.717) is 24.6 Å². The Hall–Kier alpha value is -3.23. The van der Waals surface area contributed by atoms with Crippen molar-refractivity contribution >= 4 is 21.4 Å². The van der Waals surface area contributed by atoms with E-state index in [1.807, 2.05) is 12.1 Å². The Morgan fingerprint density at radius 1 is 0.914 bits per heavy atom. The first-order valence-electron chi connectivity index (χ1n) is 12.0. The highest BCUT2D eigenvalue weighted by Crippen LogP contribution is 2.27. The van der Waals surface area contributed by atoms with Gasteiger partial charge in [-0.15, -0.1) is 0 Å². The molecule has 3 aromatic rings. The number of non-ortho nitro benzene ring substituents is 1. The molecule has 7 nitrogen and oxygen atoms in total. The van der Waals surface area contributed by atoms with Crippen molar-refractivity contribution in [2.24, 2.45) is 5.92 Å². The number of rotatable bonds is 10. The van der Waals surface area contributed by atoms with Crippen molar-refractivity contribution < 1.29 is 13.3 Å². The predicted octanol–water partition coefficient (Wildman–Crippen LogP) is 5.13. The summed E-state index contributed by atoms with van der Waals surface area (Å²) in [5.74, 6) is 0.684. The first-order valence-corrected chi connectivity index (χ1v) is 13.5. The van der Waals surface area contributed by atoms with E-state index < -0.39 is 14.9 Å². The van der Waals surface area contributed by atoms with Gasteiger partial charge in [0.2, 0.25) is 0 Å². The Bertz CT molecular complexity index is 1210. The standard InChI is InChI=1S/C27H31N3O4S/c31-30(32)26-13-7-14-27(22-26)35(33,34)29(25-11-5-2-6-12-25)18-8-17-28-19-15-24(16-20-28)21-23-9-3-1-4-10-23/h1-7,9-14,22,24H,8,15-21H2. The van der Waals surface area contributed by atoms with Crippen LogP contribution < -0.4 is 4.31 Å². The summed E-state index contributed by atoms with van der Waals surface area (Å²) in [6.07, 6.45) is 4.07. The molecule has 184 valence electrons. The number of piperidine rings is 1. The molecule has 0 unspecified atom stereocenters. The maximum atomic E-state index is 13.5. The van der Waals surface area contributed by atoms with E-state index in [0.717, 1.165) is 45.0 Å². The van der Waals surface area contributed by atoms with E-state index in [1.54, 1.807) is 24.3 Å². The number of nitro groups is 1. The Balaban J connectivity index is 1.38. The SMILES string of the molecule is O=[N+]([O-])c1cccc(S(=O)(=O)N(CCCN2CCC(Cc3ccccc3)CC2)c2ccccc2)c1. The number of sulfonamides is 1. The van der Waals surface area contributed by atoms with Gasteiger partial charge in [-0.3, -0.25) is 14.4 Å². The first-order chi connectivity index (χ1) is 16.9. The van der Waals surface area contributed by atoms with Gasteiger partial charge < -0.3 is 4.90 Å². The summed E-state index contributed by atoms with van der Waals surface area (Å²) in [6, 6.07) is 24.8. The molecule has 0 N–H and O–H groups in total. The number of hydrogen-bond donors (Lipinski definition) is 0. The van der Waals surface area contributed by atoms with Crippen molar-refractivity contribution in [3.63, 3.8) is 0 Å². The largest absolute Gasteiger partial charge is 0.303 e. The van der Waals surface area contributed by atoms with Gasteiger partial charge in [0.1, 0.15) is 0 Å². The van der Waals surface area contributed by atoms with Gasteiger partial charge >= 0.3 is 0 Å². The third-order valence-corrected chi connectivity index (χ3v) is 8.39. The summed E-state index contributed by atoms with van der Waals surface area (Å²) < 4.78 is 28.4. The number of benzene rings is 3. The summed E-state index contributed by atoms with van der Waals surface area (Å²) in [5, 5.41) is 11.2. The Morgan fingerprint density at radius 2 is 1.57 bits per heavy atom. The Labute approximate surface area is 207 Å². The third-order valence-electron chi connectivity index (χ3n) is 6.57. The van der Waals surface area contributed by atoms with E-state index in [9.17, 15) is 18.5 Å².